The van der Waals surface area contributed by atoms with E-state index in [0.29, 0.717) is 0 Å². The lowest BCUT2D eigenvalue weighted by molar-refractivity contribution is 0.0488. The van der Waals surface area contributed by atoms with E-state index >= 15 is 0 Å². The summed E-state index contributed by atoms with van der Waals surface area (Å²) in [6.45, 7) is 2.31. The highest BCUT2D eigenvalue weighted by molar-refractivity contribution is 9.10. The van der Waals surface area contributed by atoms with Gasteiger partial charge in [0.25, 0.3) is 0 Å². The van der Waals surface area contributed by atoms with Crippen molar-refractivity contribution in [3.63, 3.8) is 0 Å². The van der Waals surface area contributed by atoms with Crippen LogP contribution in [0.5, 0.6) is 0 Å². The van der Waals surface area contributed by atoms with Crippen molar-refractivity contribution >= 4 is 21.6 Å². The van der Waals surface area contributed by atoms with Crippen molar-refractivity contribution in [1.82, 2.24) is 0 Å². The maximum atomic E-state index is 10.1. The fraction of sp³-hybridized carbons (Fsp3) is 0.400. The molecular weight excluding hydrogens is 366 g/mol. The van der Waals surface area contributed by atoms with Crippen LogP contribution in [-0.2, 0) is 4.84 Å². The summed E-state index contributed by atoms with van der Waals surface area (Å²) in [5, 5.41) is 12.1. The average molecular weight is 390 g/mol. The fourth-order valence-electron chi connectivity index (χ4n) is 3.40. The molecule has 1 N–H and O–H groups in total. The SMILES string of the molecule is CCCC[C@H]1ON(c2ccccc2)[C@@H](c2ccc(Br)cc2)[C@@H]1CO. The molecule has 0 amide bonds. The van der Waals surface area contributed by atoms with Gasteiger partial charge in [0.2, 0.25) is 0 Å². The van der Waals surface area contributed by atoms with Gasteiger partial charge in [0.15, 0.2) is 0 Å². The van der Waals surface area contributed by atoms with Gasteiger partial charge in [-0.2, -0.15) is 0 Å². The Morgan fingerprint density at radius 3 is 2.42 bits per heavy atom. The smallest absolute Gasteiger partial charge is 0.0930 e. The van der Waals surface area contributed by atoms with Crippen LogP contribution in [0.4, 0.5) is 5.69 Å². The Hall–Kier alpha value is -1.36. The van der Waals surface area contributed by atoms with E-state index in [1.54, 1.807) is 0 Å². The van der Waals surface area contributed by atoms with E-state index < -0.39 is 0 Å². The molecule has 3 rings (SSSR count). The molecule has 0 bridgehead atoms. The molecular formula is C20H24BrNO2. The molecule has 0 saturated carbocycles. The van der Waals surface area contributed by atoms with Gasteiger partial charge in [-0.05, 0) is 36.2 Å². The molecule has 0 unspecified atom stereocenters. The third-order valence-electron chi connectivity index (χ3n) is 4.66. The predicted octanol–water partition coefficient (Wildman–Crippen LogP) is 5.11. The molecule has 4 heteroatoms. The maximum Gasteiger partial charge on any atom is 0.0930 e. The largest absolute Gasteiger partial charge is 0.396 e. The van der Waals surface area contributed by atoms with Gasteiger partial charge >= 0.3 is 0 Å². The molecule has 0 aromatic heterocycles. The van der Waals surface area contributed by atoms with Crippen LogP contribution in [0, 0.1) is 5.92 Å². The van der Waals surface area contributed by atoms with Crippen LogP contribution in [0.1, 0.15) is 37.8 Å². The summed E-state index contributed by atoms with van der Waals surface area (Å²) in [7, 11) is 0. The molecule has 128 valence electrons. The van der Waals surface area contributed by atoms with E-state index in [4.69, 9.17) is 4.84 Å². The van der Waals surface area contributed by atoms with Gasteiger partial charge < -0.3 is 5.11 Å². The molecule has 2 aromatic carbocycles. The zero-order chi connectivity index (χ0) is 16.9. The summed E-state index contributed by atoms with van der Waals surface area (Å²) in [4.78, 5) is 6.31. The molecule has 0 spiro atoms. The number of benzene rings is 2. The molecule has 1 saturated heterocycles. The summed E-state index contributed by atoms with van der Waals surface area (Å²) >= 11 is 3.50. The van der Waals surface area contributed by atoms with E-state index in [2.05, 4.69) is 47.1 Å². The van der Waals surface area contributed by atoms with Crippen LogP contribution in [0.25, 0.3) is 0 Å². The fourth-order valence-corrected chi connectivity index (χ4v) is 3.66. The number of unbranched alkanes of at least 4 members (excludes halogenated alkanes) is 1. The Labute approximate surface area is 152 Å². The first-order chi connectivity index (χ1) is 11.7. The standard InChI is InChI=1S/C20H24BrNO2/c1-2-3-9-19-18(14-23)20(15-10-12-16(21)13-11-15)22(24-19)17-7-5-4-6-8-17/h4-8,10-13,18-20,23H,2-3,9,14H2,1H3/t18-,19-,20+/m1/s1. The molecule has 2 aromatic rings. The summed E-state index contributed by atoms with van der Waals surface area (Å²) in [6, 6.07) is 18.5. The second-order valence-corrected chi connectivity index (χ2v) is 7.21. The van der Waals surface area contributed by atoms with Gasteiger partial charge in [0.05, 0.1) is 24.4 Å². The topological polar surface area (TPSA) is 32.7 Å². The highest BCUT2D eigenvalue weighted by Gasteiger charge is 2.43. The van der Waals surface area contributed by atoms with Crippen LogP contribution in [0.3, 0.4) is 0 Å². The van der Waals surface area contributed by atoms with Gasteiger partial charge in [0.1, 0.15) is 0 Å². The molecule has 1 aliphatic heterocycles. The quantitative estimate of drug-likeness (QED) is 0.744. The van der Waals surface area contributed by atoms with E-state index in [9.17, 15) is 5.11 Å². The molecule has 3 atom stereocenters. The lowest BCUT2D eigenvalue weighted by Gasteiger charge is -2.27. The number of anilines is 1. The number of aliphatic hydroxyl groups excluding tert-OH is 1. The van der Waals surface area contributed by atoms with Gasteiger partial charge in [-0.1, -0.05) is 66.0 Å². The van der Waals surface area contributed by atoms with Crippen molar-refractivity contribution in [3.05, 3.63) is 64.6 Å². The summed E-state index contributed by atoms with van der Waals surface area (Å²) in [6.07, 6.45) is 3.25. The number of nitrogens with zero attached hydrogens (tertiary/aromatic N) is 1. The van der Waals surface area contributed by atoms with Crippen molar-refractivity contribution in [2.45, 2.75) is 38.3 Å². The van der Waals surface area contributed by atoms with E-state index in [-0.39, 0.29) is 24.7 Å². The first-order valence-corrected chi connectivity index (χ1v) is 9.41. The molecule has 0 aliphatic carbocycles. The first kappa shape index (κ1) is 17.5. The Morgan fingerprint density at radius 2 is 1.79 bits per heavy atom. The third kappa shape index (κ3) is 3.66. The van der Waals surface area contributed by atoms with Gasteiger partial charge in [0, 0.05) is 10.4 Å². The zero-order valence-corrected chi connectivity index (χ0v) is 15.5. The number of hydrogen-bond donors (Lipinski definition) is 1. The number of rotatable bonds is 6. The molecule has 1 fully saturated rings. The van der Waals surface area contributed by atoms with E-state index in [1.165, 1.54) is 5.56 Å². The van der Waals surface area contributed by atoms with E-state index in [0.717, 1.165) is 29.4 Å². The molecule has 1 aliphatic rings. The number of para-hydroxylation sites is 1. The third-order valence-corrected chi connectivity index (χ3v) is 5.19. The highest BCUT2D eigenvalue weighted by atomic mass is 79.9. The molecule has 24 heavy (non-hydrogen) atoms. The number of aliphatic hydroxyl groups is 1. The number of halogens is 1. The van der Waals surface area contributed by atoms with Crippen molar-refractivity contribution in [2.24, 2.45) is 5.92 Å². The Bertz CT molecular complexity index is 632. The highest BCUT2D eigenvalue weighted by Crippen LogP contribution is 2.43. The predicted molar refractivity (Wildman–Crippen MR) is 101 cm³/mol. The summed E-state index contributed by atoms with van der Waals surface area (Å²) < 4.78 is 1.06. The van der Waals surface area contributed by atoms with Crippen LogP contribution >= 0.6 is 15.9 Å². The minimum atomic E-state index is 0.0207. The van der Waals surface area contributed by atoms with Crippen LogP contribution < -0.4 is 5.06 Å². The van der Waals surface area contributed by atoms with Crippen LogP contribution in [0.15, 0.2) is 59.1 Å². The lowest BCUT2D eigenvalue weighted by atomic mass is 9.88. The van der Waals surface area contributed by atoms with Crippen molar-refractivity contribution < 1.29 is 9.94 Å². The summed E-state index contributed by atoms with van der Waals surface area (Å²) in [5.74, 6) is 0.0675. The number of hydrogen-bond acceptors (Lipinski definition) is 3. The van der Waals surface area contributed by atoms with Crippen molar-refractivity contribution in [3.8, 4) is 0 Å². The van der Waals surface area contributed by atoms with E-state index in [1.807, 2.05) is 35.4 Å². The second kappa shape index (κ2) is 8.15. The summed E-state index contributed by atoms with van der Waals surface area (Å²) in [5.41, 5.74) is 2.20. The normalized spacial score (nSPS) is 23.6. The van der Waals surface area contributed by atoms with Gasteiger partial charge in [-0.15, -0.1) is 0 Å². The Kier molecular flexibility index (Phi) is 5.93. The Balaban J connectivity index is 1.96. The number of hydroxylamine groups is 1. The Morgan fingerprint density at radius 1 is 1.08 bits per heavy atom. The lowest BCUT2D eigenvalue weighted by Crippen LogP contribution is -2.26. The molecule has 0 radical (unpaired) electrons. The van der Waals surface area contributed by atoms with Crippen molar-refractivity contribution in [1.29, 1.82) is 0 Å². The van der Waals surface area contributed by atoms with Gasteiger partial charge in [-0.25, -0.2) is 5.06 Å². The van der Waals surface area contributed by atoms with Crippen LogP contribution in [-0.4, -0.2) is 17.8 Å². The first-order valence-electron chi connectivity index (χ1n) is 8.62. The molecule has 1 heterocycles. The molecule has 3 nitrogen and oxygen atoms in total. The minimum absolute atomic E-state index is 0.0207. The van der Waals surface area contributed by atoms with Gasteiger partial charge in [-0.3, -0.25) is 4.84 Å². The zero-order valence-electron chi connectivity index (χ0n) is 13.9. The minimum Gasteiger partial charge on any atom is -0.396 e. The monoisotopic (exact) mass is 389 g/mol. The maximum absolute atomic E-state index is 10.1. The average Bonchev–Trinajstić information content (AvgIpc) is 3.00. The van der Waals surface area contributed by atoms with Crippen molar-refractivity contribution in [2.75, 3.05) is 11.7 Å². The van der Waals surface area contributed by atoms with Crippen LogP contribution in [0.2, 0.25) is 0 Å². The second-order valence-electron chi connectivity index (χ2n) is 6.29.